The Labute approximate surface area is 138 Å². The maximum Gasteiger partial charge on any atom is 0.302 e. The maximum absolute atomic E-state index is 12.6. The summed E-state index contributed by atoms with van der Waals surface area (Å²) in [7, 11) is 0. The van der Waals surface area contributed by atoms with Crippen molar-refractivity contribution in [2.45, 2.75) is 45.4 Å². The number of carbonyl (C=O) groups is 2. The monoisotopic (exact) mass is 317 g/mol. The fourth-order valence-electron chi connectivity index (χ4n) is 3.21. The lowest BCUT2D eigenvalue weighted by Gasteiger charge is -2.26. The number of carbonyl (C=O) groups excluding carboxylic acids is 2. The largest absolute Gasteiger partial charge is 0.465 e. The predicted molar refractivity (Wildman–Crippen MR) is 90.3 cm³/mol. The van der Waals surface area contributed by atoms with Crippen LogP contribution >= 0.6 is 0 Å². The minimum absolute atomic E-state index is 0.128. The molecule has 4 heteroatoms. The molecule has 1 aliphatic rings. The average Bonchev–Trinajstić information content (AvgIpc) is 2.59. The van der Waals surface area contributed by atoms with Gasteiger partial charge >= 0.3 is 5.97 Å². The van der Waals surface area contributed by atoms with Gasteiger partial charge < -0.3 is 10.5 Å². The standard InChI is InChI=1S/C19H27NO3/c1-13(12-23-14(2)21)16-7-9-18(10-8-16)19(22)17-5-3-15(11-20)4-6-17/h7-10,13,15,17H,3-6,11-12,20H2,1-2H3. The Bertz CT molecular complexity index is 530. The Morgan fingerprint density at radius 1 is 1.17 bits per heavy atom. The highest BCUT2D eigenvalue weighted by Gasteiger charge is 2.26. The predicted octanol–water partition coefficient (Wildman–Crippen LogP) is 3.30. The fourth-order valence-corrected chi connectivity index (χ4v) is 3.21. The first kappa shape index (κ1) is 17.7. The first-order chi connectivity index (χ1) is 11.0. The molecule has 1 fully saturated rings. The van der Waals surface area contributed by atoms with Crippen LogP contribution in [-0.2, 0) is 9.53 Å². The van der Waals surface area contributed by atoms with Crippen LogP contribution < -0.4 is 5.73 Å². The molecule has 1 aromatic rings. The SMILES string of the molecule is CC(=O)OCC(C)c1ccc(C(=O)C2CCC(CN)CC2)cc1. The van der Waals surface area contributed by atoms with Gasteiger partial charge in [0.25, 0.3) is 0 Å². The molecule has 0 bridgehead atoms. The Hall–Kier alpha value is -1.68. The summed E-state index contributed by atoms with van der Waals surface area (Å²) < 4.78 is 5.04. The molecule has 1 aromatic carbocycles. The molecule has 0 aromatic heterocycles. The minimum Gasteiger partial charge on any atom is -0.465 e. The van der Waals surface area contributed by atoms with Crippen molar-refractivity contribution in [3.63, 3.8) is 0 Å². The molecule has 2 rings (SSSR count). The lowest BCUT2D eigenvalue weighted by molar-refractivity contribution is -0.141. The van der Waals surface area contributed by atoms with E-state index in [2.05, 4.69) is 0 Å². The van der Waals surface area contributed by atoms with Crippen molar-refractivity contribution in [2.75, 3.05) is 13.2 Å². The number of hydrogen-bond donors (Lipinski definition) is 1. The van der Waals surface area contributed by atoms with Crippen molar-refractivity contribution in [1.82, 2.24) is 0 Å². The van der Waals surface area contributed by atoms with Gasteiger partial charge in [-0.05, 0) is 43.7 Å². The van der Waals surface area contributed by atoms with E-state index in [-0.39, 0.29) is 23.6 Å². The van der Waals surface area contributed by atoms with Gasteiger partial charge in [-0.3, -0.25) is 9.59 Å². The molecule has 0 saturated heterocycles. The molecule has 0 heterocycles. The molecule has 2 N–H and O–H groups in total. The van der Waals surface area contributed by atoms with Crippen LogP contribution in [0.5, 0.6) is 0 Å². The van der Waals surface area contributed by atoms with E-state index in [4.69, 9.17) is 10.5 Å². The summed E-state index contributed by atoms with van der Waals surface area (Å²) >= 11 is 0. The number of hydrogen-bond acceptors (Lipinski definition) is 4. The number of Topliss-reactive ketones (excluding diaryl/α,β-unsaturated/α-hetero) is 1. The second-order valence-electron chi connectivity index (χ2n) is 6.64. The number of nitrogens with two attached hydrogens (primary N) is 1. The minimum atomic E-state index is -0.267. The molecule has 0 amide bonds. The van der Waals surface area contributed by atoms with Gasteiger partial charge in [-0.25, -0.2) is 0 Å². The van der Waals surface area contributed by atoms with Crippen molar-refractivity contribution in [1.29, 1.82) is 0 Å². The van der Waals surface area contributed by atoms with Gasteiger partial charge in [0.15, 0.2) is 5.78 Å². The van der Waals surface area contributed by atoms with Crippen molar-refractivity contribution < 1.29 is 14.3 Å². The Morgan fingerprint density at radius 2 is 1.78 bits per heavy atom. The molecule has 4 nitrogen and oxygen atoms in total. The molecular formula is C19H27NO3. The van der Waals surface area contributed by atoms with E-state index in [1.165, 1.54) is 6.92 Å². The van der Waals surface area contributed by atoms with Gasteiger partial charge in [-0.15, -0.1) is 0 Å². The molecule has 0 spiro atoms. The average molecular weight is 317 g/mol. The lowest BCUT2D eigenvalue weighted by atomic mass is 9.78. The highest BCUT2D eigenvalue weighted by atomic mass is 16.5. The van der Waals surface area contributed by atoms with Crippen LogP contribution in [0, 0.1) is 11.8 Å². The summed E-state index contributed by atoms with van der Waals surface area (Å²) in [4.78, 5) is 23.5. The van der Waals surface area contributed by atoms with Crippen LogP contribution in [0.3, 0.4) is 0 Å². The molecular weight excluding hydrogens is 290 g/mol. The molecule has 0 radical (unpaired) electrons. The van der Waals surface area contributed by atoms with E-state index in [1.807, 2.05) is 31.2 Å². The van der Waals surface area contributed by atoms with Gasteiger partial charge in [-0.1, -0.05) is 31.2 Å². The fraction of sp³-hybridized carbons (Fsp3) is 0.579. The number of rotatable bonds is 6. The first-order valence-corrected chi connectivity index (χ1v) is 8.48. The van der Waals surface area contributed by atoms with E-state index < -0.39 is 0 Å². The third-order valence-electron chi connectivity index (χ3n) is 4.85. The quantitative estimate of drug-likeness (QED) is 0.645. The Morgan fingerprint density at radius 3 is 2.30 bits per heavy atom. The van der Waals surface area contributed by atoms with Gasteiger partial charge in [0, 0.05) is 24.3 Å². The van der Waals surface area contributed by atoms with Crippen LogP contribution in [0.4, 0.5) is 0 Å². The summed E-state index contributed by atoms with van der Waals surface area (Å²) in [6, 6.07) is 7.73. The van der Waals surface area contributed by atoms with E-state index in [0.29, 0.717) is 12.5 Å². The molecule has 0 aliphatic heterocycles. The van der Waals surface area contributed by atoms with E-state index in [0.717, 1.165) is 43.4 Å². The van der Waals surface area contributed by atoms with Crippen LogP contribution in [-0.4, -0.2) is 24.9 Å². The van der Waals surface area contributed by atoms with Crippen LogP contribution in [0.1, 0.15) is 61.4 Å². The third-order valence-corrected chi connectivity index (χ3v) is 4.85. The zero-order valence-electron chi connectivity index (χ0n) is 14.1. The van der Waals surface area contributed by atoms with Crippen molar-refractivity contribution in [2.24, 2.45) is 17.6 Å². The van der Waals surface area contributed by atoms with Crippen molar-refractivity contribution in [3.05, 3.63) is 35.4 Å². The second kappa shape index (κ2) is 8.25. The van der Waals surface area contributed by atoms with E-state index >= 15 is 0 Å². The zero-order chi connectivity index (χ0) is 16.8. The molecule has 1 atom stereocenters. The van der Waals surface area contributed by atoms with Gasteiger partial charge in [0.1, 0.15) is 0 Å². The highest BCUT2D eigenvalue weighted by Crippen LogP contribution is 2.30. The van der Waals surface area contributed by atoms with E-state index in [1.54, 1.807) is 0 Å². The van der Waals surface area contributed by atoms with Crippen molar-refractivity contribution in [3.8, 4) is 0 Å². The van der Waals surface area contributed by atoms with E-state index in [9.17, 15) is 9.59 Å². The molecule has 23 heavy (non-hydrogen) atoms. The Balaban J connectivity index is 1.93. The van der Waals surface area contributed by atoms with Crippen LogP contribution in [0.2, 0.25) is 0 Å². The number of benzene rings is 1. The maximum atomic E-state index is 12.6. The topological polar surface area (TPSA) is 69.4 Å². The summed E-state index contributed by atoms with van der Waals surface area (Å²) in [6.07, 6.45) is 4.02. The van der Waals surface area contributed by atoms with Gasteiger partial charge in [0.05, 0.1) is 6.61 Å². The van der Waals surface area contributed by atoms with Crippen LogP contribution in [0.15, 0.2) is 24.3 Å². The number of ether oxygens (including phenoxy) is 1. The Kier molecular flexibility index (Phi) is 6.34. The molecule has 1 aliphatic carbocycles. The lowest BCUT2D eigenvalue weighted by Crippen LogP contribution is -2.25. The smallest absolute Gasteiger partial charge is 0.302 e. The summed E-state index contributed by atoms with van der Waals surface area (Å²) in [5, 5.41) is 0. The summed E-state index contributed by atoms with van der Waals surface area (Å²) in [5.41, 5.74) is 7.57. The molecule has 1 unspecified atom stereocenters. The number of esters is 1. The van der Waals surface area contributed by atoms with Crippen LogP contribution in [0.25, 0.3) is 0 Å². The first-order valence-electron chi connectivity index (χ1n) is 8.48. The zero-order valence-corrected chi connectivity index (χ0v) is 14.1. The second-order valence-corrected chi connectivity index (χ2v) is 6.64. The number of ketones is 1. The summed E-state index contributed by atoms with van der Waals surface area (Å²) in [6.45, 7) is 4.52. The molecule has 126 valence electrons. The highest BCUT2D eigenvalue weighted by molar-refractivity contribution is 5.97. The van der Waals surface area contributed by atoms with Gasteiger partial charge in [0.2, 0.25) is 0 Å². The van der Waals surface area contributed by atoms with Gasteiger partial charge in [-0.2, -0.15) is 0 Å². The summed E-state index contributed by atoms with van der Waals surface area (Å²) in [5.74, 6) is 0.838. The molecule has 1 saturated carbocycles. The normalized spacial score (nSPS) is 22.4. The van der Waals surface area contributed by atoms with Crippen molar-refractivity contribution >= 4 is 11.8 Å². The third kappa shape index (κ3) is 4.90.